The molecule has 0 fully saturated rings. The quantitative estimate of drug-likeness (QED) is 0.824. The smallest absolute Gasteiger partial charge is 0.270 e. The Morgan fingerprint density at radius 3 is 2.84 bits per heavy atom. The molecule has 0 atom stereocenters. The Balaban J connectivity index is 2.32. The molecule has 0 saturated heterocycles. The highest BCUT2D eigenvalue weighted by molar-refractivity contribution is 5.46. The molecule has 0 bridgehead atoms. The van der Waals surface area contributed by atoms with Gasteiger partial charge < -0.3 is 10.1 Å². The number of halogens is 2. The Morgan fingerprint density at radius 2 is 2.16 bits per heavy atom. The molecule has 0 radical (unpaired) electrons. The maximum Gasteiger partial charge on any atom is 0.270 e. The number of hydrogen-bond acceptors (Lipinski definition) is 2. The molecule has 1 aromatic carbocycles. The standard InChI is InChI=1S/C15H21F2NO/c1-3-4-7-19-14-9-12(15(2,16)17)8-11-5-6-18-10-13(11)14/h8-9,18H,3-7,10H2,1-2H3. The number of benzene rings is 1. The Bertz CT molecular complexity index is 441. The van der Waals surface area contributed by atoms with Gasteiger partial charge in [-0.2, -0.15) is 0 Å². The lowest BCUT2D eigenvalue weighted by molar-refractivity contribution is 0.0171. The van der Waals surface area contributed by atoms with Crippen LogP contribution in [0, 0.1) is 0 Å². The van der Waals surface area contributed by atoms with Gasteiger partial charge in [-0.3, -0.25) is 0 Å². The number of hydrogen-bond donors (Lipinski definition) is 1. The molecular formula is C15H21F2NO. The minimum atomic E-state index is -2.82. The van der Waals surface area contributed by atoms with Crippen molar-refractivity contribution in [3.8, 4) is 5.75 Å². The van der Waals surface area contributed by atoms with Crippen LogP contribution in [0.15, 0.2) is 12.1 Å². The summed E-state index contributed by atoms with van der Waals surface area (Å²) < 4.78 is 32.8. The fourth-order valence-corrected chi connectivity index (χ4v) is 2.27. The first-order valence-corrected chi connectivity index (χ1v) is 6.90. The SMILES string of the molecule is CCCCOc1cc(C(C)(F)F)cc2c1CNCC2. The van der Waals surface area contributed by atoms with Crippen molar-refractivity contribution in [3.05, 3.63) is 28.8 Å². The van der Waals surface area contributed by atoms with Crippen LogP contribution < -0.4 is 10.1 Å². The normalized spacial score (nSPS) is 15.2. The van der Waals surface area contributed by atoms with E-state index in [4.69, 9.17) is 4.74 Å². The summed E-state index contributed by atoms with van der Waals surface area (Å²) in [5, 5.41) is 3.26. The highest BCUT2D eigenvalue weighted by Gasteiger charge is 2.27. The number of nitrogens with one attached hydrogen (secondary N) is 1. The largest absolute Gasteiger partial charge is 0.493 e. The van der Waals surface area contributed by atoms with Crippen molar-refractivity contribution >= 4 is 0 Å². The summed E-state index contributed by atoms with van der Waals surface area (Å²) in [6, 6.07) is 3.13. The molecule has 106 valence electrons. The fourth-order valence-electron chi connectivity index (χ4n) is 2.27. The van der Waals surface area contributed by atoms with Crippen molar-refractivity contribution in [3.63, 3.8) is 0 Å². The van der Waals surface area contributed by atoms with Gasteiger partial charge in [0, 0.05) is 24.6 Å². The van der Waals surface area contributed by atoms with Crippen LogP contribution in [0.25, 0.3) is 0 Å². The Morgan fingerprint density at radius 1 is 1.37 bits per heavy atom. The van der Waals surface area contributed by atoms with Crippen molar-refractivity contribution in [1.82, 2.24) is 5.32 Å². The number of ether oxygens (including phenoxy) is 1. The number of alkyl halides is 2. The van der Waals surface area contributed by atoms with Crippen LogP contribution in [0.4, 0.5) is 8.78 Å². The molecule has 0 aliphatic carbocycles. The van der Waals surface area contributed by atoms with Gasteiger partial charge in [-0.25, -0.2) is 8.78 Å². The summed E-state index contributed by atoms with van der Waals surface area (Å²) in [6.07, 6.45) is 2.75. The fraction of sp³-hybridized carbons (Fsp3) is 0.600. The van der Waals surface area contributed by atoms with Gasteiger partial charge in [-0.05, 0) is 37.1 Å². The zero-order chi connectivity index (χ0) is 13.9. The lowest BCUT2D eigenvalue weighted by atomic mass is 9.95. The minimum Gasteiger partial charge on any atom is -0.493 e. The van der Waals surface area contributed by atoms with E-state index >= 15 is 0 Å². The van der Waals surface area contributed by atoms with Gasteiger partial charge in [0.2, 0.25) is 0 Å². The van der Waals surface area contributed by atoms with Gasteiger partial charge in [0.05, 0.1) is 6.61 Å². The van der Waals surface area contributed by atoms with Crippen LogP contribution in [0.3, 0.4) is 0 Å². The van der Waals surface area contributed by atoms with E-state index in [1.54, 1.807) is 6.07 Å². The molecule has 0 amide bonds. The third-order valence-electron chi connectivity index (χ3n) is 3.44. The van der Waals surface area contributed by atoms with Gasteiger partial charge >= 0.3 is 0 Å². The molecule has 1 aliphatic heterocycles. The average molecular weight is 269 g/mol. The second kappa shape index (κ2) is 5.87. The molecule has 2 nitrogen and oxygen atoms in total. The van der Waals surface area contributed by atoms with Crippen LogP contribution in [0.5, 0.6) is 5.75 Å². The summed E-state index contributed by atoms with van der Waals surface area (Å²) >= 11 is 0. The van der Waals surface area contributed by atoms with E-state index in [2.05, 4.69) is 12.2 Å². The summed E-state index contributed by atoms with van der Waals surface area (Å²) in [7, 11) is 0. The van der Waals surface area contributed by atoms with E-state index < -0.39 is 5.92 Å². The zero-order valence-electron chi connectivity index (χ0n) is 11.6. The minimum absolute atomic E-state index is 0.0552. The molecular weight excluding hydrogens is 248 g/mol. The van der Waals surface area contributed by atoms with Crippen LogP contribution >= 0.6 is 0 Å². The van der Waals surface area contributed by atoms with Crippen molar-refractivity contribution < 1.29 is 13.5 Å². The third kappa shape index (κ3) is 3.44. The maximum absolute atomic E-state index is 13.5. The number of rotatable bonds is 5. The highest BCUT2D eigenvalue weighted by Crippen LogP contribution is 2.35. The van der Waals surface area contributed by atoms with Crippen LogP contribution in [-0.2, 0) is 18.9 Å². The van der Waals surface area contributed by atoms with E-state index in [-0.39, 0.29) is 5.56 Å². The molecule has 0 saturated carbocycles. The molecule has 1 aromatic rings. The molecule has 0 unspecified atom stereocenters. The topological polar surface area (TPSA) is 21.3 Å². The Labute approximate surface area is 113 Å². The van der Waals surface area contributed by atoms with E-state index in [0.29, 0.717) is 18.9 Å². The van der Waals surface area contributed by atoms with Crippen molar-refractivity contribution in [2.45, 2.75) is 45.6 Å². The Hall–Kier alpha value is -1.16. The Kier molecular flexibility index (Phi) is 4.40. The lowest BCUT2D eigenvalue weighted by Gasteiger charge is -2.23. The summed E-state index contributed by atoms with van der Waals surface area (Å²) in [5.74, 6) is -2.20. The van der Waals surface area contributed by atoms with Gasteiger partial charge in [0.25, 0.3) is 5.92 Å². The first-order valence-electron chi connectivity index (χ1n) is 6.90. The second-order valence-electron chi connectivity index (χ2n) is 5.13. The van der Waals surface area contributed by atoms with Crippen LogP contribution in [0.1, 0.15) is 43.4 Å². The van der Waals surface area contributed by atoms with Crippen LogP contribution in [-0.4, -0.2) is 13.2 Å². The van der Waals surface area contributed by atoms with Crippen LogP contribution in [0.2, 0.25) is 0 Å². The van der Waals surface area contributed by atoms with E-state index in [1.165, 1.54) is 6.07 Å². The number of fused-ring (bicyclic) bond motifs is 1. The summed E-state index contributed by atoms with van der Waals surface area (Å²) in [5.41, 5.74) is 2.08. The lowest BCUT2D eigenvalue weighted by Crippen LogP contribution is -2.25. The molecule has 1 aliphatic rings. The van der Waals surface area contributed by atoms with Crippen molar-refractivity contribution in [1.29, 1.82) is 0 Å². The first-order chi connectivity index (χ1) is 9.02. The molecule has 1 heterocycles. The summed E-state index contributed by atoms with van der Waals surface area (Å²) in [4.78, 5) is 0. The molecule has 4 heteroatoms. The molecule has 19 heavy (non-hydrogen) atoms. The third-order valence-corrected chi connectivity index (χ3v) is 3.44. The van der Waals surface area contributed by atoms with E-state index in [0.717, 1.165) is 43.9 Å². The van der Waals surface area contributed by atoms with Gasteiger partial charge in [-0.1, -0.05) is 13.3 Å². The van der Waals surface area contributed by atoms with Gasteiger partial charge in [0.1, 0.15) is 5.75 Å². The summed E-state index contributed by atoms with van der Waals surface area (Å²) in [6.45, 7) is 5.14. The zero-order valence-corrected chi connectivity index (χ0v) is 11.6. The van der Waals surface area contributed by atoms with E-state index in [1.807, 2.05) is 0 Å². The second-order valence-corrected chi connectivity index (χ2v) is 5.13. The van der Waals surface area contributed by atoms with Crippen molar-refractivity contribution in [2.24, 2.45) is 0 Å². The predicted octanol–water partition coefficient (Wildman–Crippen LogP) is 3.62. The maximum atomic E-state index is 13.5. The average Bonchev–Trinajstić information content (AvgIpc) is 2.37. The predicted molar refractivity (Wildman–Crippen MR) is 71.8 cm³/mol. The van der Waals surface area contributed by atoms with E-state index in [9.17, 15) is 8.78 Å². The molecule has 0 aromatic heterocycles. The van der Waals surface area contributed by atoms with Gasteiger partial charge in [-0.15, -0.1) is 0 Å². The molecule has 0 spiro atoms. The monoisotopic (exact) mass is 269 g/mol. The molecule has 2 rings (SSSR count). The molecule has 1 N–H and O–H groups in total. The highest BCUT2D eigenvalue weighted by atomic mass is 19.3. The number of unbranched alkanes of at least 4 members (excludes halogenated alkanes) is 1. The van der Waals surface area contributed by atoms with Gasteiger partial charge in [0.15, 0.2) is 0 Å². The first kappa shape index (κ1) is 14.3. The van der Waals surface area contributed by atoms with Crippen molar-refractivity contribution in [2.75, 3.05) is 13.2 Å².